The van der Waals surface area contributed by atoms with Gasteiger partial charge in [0.15, 0.2) is 0 Å². The Balaban J connectivity index is 5.24. The van der Waals surface area contributed by atoms with Crippen molar-refractivity contribution in [1.29, 1.82) is 0 Å². The van der Waals surface area contributed by atoms with Crippen LogP contribution in [0.5, 0.6) is 0 Å². The van der Waals surface area contributed by atoms with Crippen LogP contribution in [0, 0.1) is 5.92 Å². The highest BCUT2D eigenvalue weighted by Gasteiger charge is 2.31. The highest BCUT2D eigenvalue weighted by atomic mass is 32.2. The Hall–Kier alpha value is -1.99. The molecule has 5 unspecified atom stereocenters. The lowest BCUT2D eigenvalue weighted by Crippen LogP contribution is -2.58. The fourth-order valence-electron chi connectivity index (χ4n) is 2.40. The third-order valence-electron chi connectivity index (χ3n) is 4.61. The van der Waals surface area contributed by atoms with Crippen LogP contribution >= 0.6 is 24.4 Å². The fraction of sp³-hybridized carbons (Fsp3) is 0.722. The predicted octanol–water partition coefficient (Wildman–Crippen LogP) is -0.944. The zero-order valence-electron chi connectivity index (χ0n) is 17.8. The molecule has 0 saturated heterocycles. The van der Waals surface area contributed by atoms with Gasteiger partial charge in [0.2, 0.25) is 17.7 Å². The van der Waals surface area contributed by atoms with E-state index in [1.165, 1.54) is 11.8 Å². The molecule has 0 spiro atoms. The lowest BCUT2D eigenvalue weighted by Gasteiger charge is -2.25. The van der Waals surface area contributed by atoms with Crippen LogP contribution in [0.4, 0.5) is 0 Å². The maximum Gasteiger partial charge on any atom is 0.326 e. The van der Waals surface area contributed by atoms with Gasteiger partial charge in [-0.1, -0.05) is 20.3 Å². The van der Waals surface area contributed by atoms with E-state index in [4.69, 9.17) is 15.9 Å². The largest absolute Gasteiger partial charge is 0.481 e. The van der Waals surface area contributed by atoms with Gasteiger partial charge in [0.25, 0.3) is 0 Å². The maximum absolute atomic E-state index is 12.7. The minimum absolute atomic E-state index is 0.0950. The maximum atomic E-state index is 12.7. The zero-order valence-corrected chi connectivity index (χ0v) is 19.5. The van der Waals surface area contributed by atoms with Crippen molar-refractivity contribution in [2.24, 2.45) is 11.7 Å². The van der Waals surface area contributed by atoms with E-state index in [0.29, 0.717) is 12.2 Å². The van der Waals surface area contributed by atoms with Gasteiger partial charge in [-0.05, 0) is 24.3 Å². The average molecular weight is 481 g/mol. The van der Waals surface area contributed by atoms with Crippen LogP contribution < -0.4 is 21.7 Å². The summed E-state index contributed by atoms with van der Waals surface area (Å²) < 4.78 is 0. The predicted molar refractivity (Wildman–Crippen MR) is 120 cm³/mol. The zero-order chi connectivity index (χ0) is 24.1. The number of hydrogen-bond donors (Lipinski definition) is 7. The first kappa shape index (κ1) is 29.0. The second kappa shape index (κ2) is 14.9. The van der Waals surface area contributed by atoms with E-state index in [9.17, 15) is 24.0 Å². The van der Waals surface area contributed by atoms with Gasteiger partial charge in [-0.3, -0.25) is 19.2 Å². The third-order valence-corrected chi connectivity index (χ3v) is 5.62. The first-order valence-electron chi connectivity index (χ1n) is 9.69. The topological polar surface area (TPSA) is 188 Å². The van der Waals surface area contributed by atoms with E-state index in [2.05, 4.69) is 28.6 Å². The summed E-state index contributed by atoms with van der Waals surface area (Å²) in [7, 11) is 0. The molecule has 31 heavy (non-hydrogen) atoms. The van der Waals surface area contributed by atoms with Gasteiger partial charge in [0.05, 0.1) is 12.5 Å². The van der Waals surface area contributed by atoms with Crippen molar-refractivity contribution in [3.63, 3.8) is 0 Å². The lowest BCUT2D eigenvalue weighted by molar-refractivity contribution is -0.147. The van der Waals surface area contributed by atoms with Gasteiger partial charge in [0, 0.05) is 5.75 Å². The molecule has 0 aromatic heterocycles. The van der Waals surface area contributed by atoms with E-state index in [1.54, 1.807) is 0 Å². The molecule has 5 atom stereocenters. The van der Waals surface area contributed by atoms with Crippen molar-refractivity contribution in [3.05, 3.63) is 0 Å². The van der Waals surface area contributed by atoms with E-state index < -0.39 is 60.2 Å². The monoisotopic (exact) mass is 480 g/mol. The lowest BCUT2D eigenvalue weighted by atomic mass is 9.99. The first-order valence-corrected chi connectivity index (χ1v) is 11.7. The van der Waals surface area contributed by atoms with Gasteiger partial charge in [-0.25, -0.2) is 4.79 Å². The van der Waals surface area contributed by atoms with Crippen LogP contribution in [0.25, 0.3) is 0 Å². The van der Waals surface area contributed by atoms with Crippen LogP contribution in [-0.2, 0) is 24.0 Å². The molecule has 0 aromatic carbocycles. The minimum atomic E-state index is -1.66. The Bertz CT molecular complexity index is 650. The van der Waals surface area contributed by atoms with Crippen LogP contribution in [-0.4, -0.2) is 81.8 Å². The molecule has 3 amide bonds. The molecule has 0 radical (unpaired) electrons. The van der Waals surface area contributed by atoms with E-state index in [0.717, 1.165) is 0 Å². The quantitative estimate of drug-likeness (QED) is 0.145. The molecule has 0 aromatic rings. The molecule has 0 aliphatic rings. The molecule has 0 fully saturated rings. The highest BCUT2D eigenvalue weighted by Crippen LogP contribution is 2.08. The molecule has 0 rings (SSSR count). The number of carbonyl (C=O) groups excluding carboxylic acids is 3. The van der Waals surface area contributed by atoms with Gasteiger partial charge in [-0.15, -0.1) is 0 Å². The number of carbonyl (C=O) groups is 5. The number of hydrogen-bond acceptors (Lipinski definition) is 8. The van der Waals surface area contributed by atoms with Crippen molar-refractivity contribution in [2.75, 3.05) is 17.8 Å². The Morgan fingerprint density at radius 3 is 1.94 bits per heavy atom. The van der Waals surface area contributed by atoms with E-state index in [1.807, 2.05) is 20.1 Å². The van der Waals surface area contributed by atoms with E-state index >= 15 is 0 Å². The second-order valence-electron chi connectivity index (χ2n) is 6.99. The Morgan fingerprint density at radius 1 is 0.968 bits per heavy atom. The summed E-state index contributed by atoms with van der Waals surface area (Å²) in [6, 6.07) is -4.65. The number of nitrogens with two attached hydrogens (primary N) is 1. The van der Waals surface area contributed by atoms with Crippen molar-refractivity contribution < 1.29 is 34.2 Å². The van der Waals surface area contributed by atoms with Crippen molar-refractivity contribution >= 4 is 54.1 Å². The molecule has 7 N–H and O–H groups in total. The summed E-state index contributed by atoms with van der Waals surface area (Å²) >= 11 is 5.47. The van der Waals surface area contributed by atoms with Gasteiger partial charge < -0.3 is 31.9 Å². The van der Waals surface area contributed by atoms with Crippen molar-refractivity contribution in [1.82, 2.24) is 16.0 Å². The summed E-state index contributed by atoms with van der Waals surface area (Å²) in [6.45, 7) is 3.71. The molecule has 0 aliphatic heterocycles. The van der Waals surface area contributed by atoms with Crippen LogP contribution in [0.1, 0.15) is 33.1 Å². The summed E-state index contributed by atoms with van der Waals surface area (Å²) in [5.41, 5.74) is 5.92. The molecule has 11 nitrogen and oxygen atoms in total. The summed E-state index contributed by atoms with van der Waals surface area (Å²) in [6.07, 6.45) is 1.97. The normalized spacial score (nSPS) is 15.6. The molecule has 0 saturated carbocycles. The molecule has 0 aliphatic carbocycles. The molecular formula is C18H32N4O7S2. The van der Waals surface area contributed by atoms with Gasteiger partial charge in [0.1, 0.15) is 18.1 Å². The second-order valence-corrected chi connectivity index (χ2v) is 8.35. The number of amides is 3. The van der Waals surface area contributed by atoms with Crippen LogP contribution in [0.3, 0.4) is 0 Å². The van der Waals surface area contributed by atoms with Crippen LogP contribution in [0.15, 0.2) is 0 Å². The SMILES string of the molecule is CCC(C)C(N)C(=O)NC(CCSC)C(=O)NC(CS)C(=O)NC(CC(=O)O)C(=O)O. The number of carboxylic acids is 2. The van der Waals surface area contributed by atoms with Gasteiger partial charge in [-0.2, -0.15) is 24.4 Å². The fourth-order valence-corrected chi connectivity index (χ4v) is 3.13. The van der Waals surface area contributed by atoms with Crippen molar-refractivity contribution in [2.45, 2.75) is 57.3 Å². The van der Waals surface area contributed by atoms with Crippen LogP contribution in [0.2, 0.25) is 0 Å². The molecule has 178 valence electrons. The number of aliphatic carboxylic acids is 2. The molecule has 13 heteroatoms. The van der Waals surface area contributed by atoms with E-state index in [-0.39, 0.29) is 18.1 Å². The number of thiol groups is 1. The van der Waals surface area contributed by atoms with Crippen molar-refractivity contribution in [3.8, 4) is 0 Å². The third kappa shape index (κ3) is 10.7. The number of rotatable bonds is 15. The Labute approximate surface area is 191 Å². The molecule has 0 bridgehead atoms. The smallest absolute Gasteiger partial charge is 0.326 e. The minimum Gasteiger partial charge on any atom is -0.481 e. The molecule has 0 heterocycles. The number of nitrogens with one attached hydrogen (secondary N) is 3. The standard InChI is InChI=1S/C18H32N4O7S2/c1-4-9(2)14(19)17(27)20-10(5-6-31-3)15(25)22-12(8-30)16(26)21-11(18(28)29)7-13(23)24/h9-12,14,30H,4-8,19H2,1-3H3,(H,20,27)(H,21,26)(H,22,25)(H,23,24)(H,28,29). The Morgan fingerprint density at radius 2 is 1.48 bits per heavy atom. The van der Waals surface area contributed by atoms with Gasteiger partial charge >= 0.3 is 11.9 Å². The highest BCUT2D eigenvalue weighted by molar-refractivity contribution is 7.98. The molecular weight excluding hydrogens is 448 g/mol. The summed E-state index contributed by atoms with van der Waals surface area (Å²) in [5.74, 6) is -4.69. The number of carboxylic acid groups (broad SMARTS) is 2. The number of thioether (sulfide) groups is 1. The summed E-state index contributed by atoms with van der Waals surface area (Å²) in [4.78, 5) is 59.4. The Kier molecular flexibility index (Phi) is 14.0. The first-order chi connectivity index (χ1) is 14.5. The average Bonchev–Trinajstić information content (AvgIpc) is 2.72. The summed E-state index contributed by atoms with van der Waals surface area (Å²) in [5, 5.41) is 24.9.